The SMILES string of the molecule is CCCN(CCC)c1nc(Cl)c2ccsc2n1. The highest BCUT2D eigenvalue weighted by molar-refractivity contribution is 7.16. The molecule has 0 spiro atoms. The first-order valence-corrected chi connectivity index (χ1v) is 7.17. The van der Waals surface area contributed by atoms with Crippen molar-refractivity contribution in [1.29, 1.82) is 0 Å². The van der Waals surface area contributed by atoms with E-state index in [1.54, 1.807) is 11.3 Å². The maximum absolute atomic E-state index is 6.18. The molecule has 2 rings (SSSR count). The molecule has 2 aromatic heterocycles. The van der Waals surface area contributed by atoms with Crippen molar-refractivity contribution in [3.05, 3.63) is 16.6 Å². The minimum absolute atomic E-state index is 0.559. The zero-order chi connectivity index (χ0) is 12.3. The van der Waals surface area contributed by atoms with Crippen LogP contribution < -0.4 is 4.90 Å². The average Bonchev–Trinajstić information content (AvgIpc) is 2.77. The molecule has 0 radical (unpaired) electrons. The highest BCUT2D eigenvalue weighted by atomic mass is 35.5. The number of aromatic nitrogens is 2. The van der Waals surface area contributed by atoms with E-state index in [1.165, 1.54) is 0 Å². The van der Waals surface area contributed by atoms with Crippen molar-refractivity contribution in [3.63, 3.8) is 0 Å². The number of thiophene rings is 1. The molecule has 0 atom stereocenters. The maximum Gasteiger partial charge on any atom is 0.228 e. The van der Waals surface area contributed by atoms with Gasteiger partial charge in [-0.05, 0) is 24.3 Å². The molecule has 0 unspecified atom stereocenters. The summed E-state index contributed by atoms with van der Waals surface area (Å²) in [5.41, 5.74) is 0. The minimum atomic E-state index is 0.559. The highest BCUT2D eigenvalue weighted by Gasteiger charge is 2.12. The molecule has 17 heavy (non-hydrogen) atoms. The van der Waals surface area contributed by atoms with Crippen LogP contribution in [-0.2, 0) is 0 Å². The minimum Gasteiger partial charge on any atom is -0.341 e. The molecule has 92 valence electrons. The average molecular weight is 270 g/mol. The number of rotatable bonds is 5. The first-order chi connectivity index (χ1) is 8.26. The molecule has 0 fully saturated rings. The Kier molecular flexibility index (Phi) is 4.18. The van der Waals surface area contributed by atoms with Crippen molar-refractivity contribution in [2.24, 2.45) is 0 Å². The summed E-state index contributed by atoms with van der Waals surface area (Å²) in [6.45, 7) is 6.27. The normalized spacial score (nSPS) is 11.0. The Bertz CT molecular complexity index is 491. The number of hydrogen-bond acceptors (Lipinski definition) is 4. The van der Waals surface area contributed by atoms with Gasteiger partial charge in [0.05, 0.1) is 0 Å². The summed E-state index contributed by atoms with van der Waals surface area (Å²) in [7, 11) is 0. The fraction of sp³-hybridized carbons (Fsp3) is 0.500. The second kappa shape index (κ2) is 5.65. The van der Waals surface area contributed by atoms with Crippen LogP contribution in [0.4, 0.5) is 5.95 Å². The molecule has 2 heterocycles. The van der Waals surface area contributed by atoms with Crippen LogP contribution in [0.15, 0.2) is 11.4 Å². The third-order valence-electron chi connectivity index (χ3n) is 2.54. The van der Waals surface area contributed by atoms with Gasteiger partial charge in [-0.3, -0.25) is 0 Å². The lowest BCUT2D eigenvalue weighted by atomic mass is 10.3. The molecule has 0 amide bonds. The van der Waals surface area contributed by atoms with Gasteiger partial charge in [0.15, 0.2) is 0 Å². The number of hydrogen-bond donors (Lipinski definition) is 0. The lowest BCUT2D eigenvalue weighted by molar-refractivity contribution is 0.724. The predicted octanol–water partition coefficient (Wildman–Crippen LogP) is 3.97. The number of anilines is 1. The molecule has 2 aromatic rings. The molecule has 0 aliphatic rings. The molecular formula is C12H16ClN3S. The van der Waals surface area contributed by atoms with Crippen molar-refractivity contribution in [2.75, 3.05) is 18.0 Å². The van der Waals surface area contributed by atoms with Crippen molar-refractivity contribution in [3.8, 4) is 0 Å². The van der Waals surface area contributed by atoms with Crippen LogP contribution in [0.1, 0.15) is 26.7 Å². The van der Waals surface area contributed by atoms with Crippen molar-refractivity contribution < 1.29 is 0 Å². The third-order valence-corrected chi connectivity index (χ3v) is 3.63. The van der Waals surface area contributed by atoms with E-state index in [0.29, 0.717) is 5.15 Å². The maximum atomic E-state index is 6.18. The molecule has 5 heteroatoms. The van der Waals surface area contributed by atoms with Gasteiger partial charge in [-0.15, -0.1) is 11.3 Å². The van der Waals surface area contributed by atoms with E-state index in [-0.39, 0.29) is 0 Å². The second-order valence-electron chi connectivity index (χ2n) is 3.94. The van der Waals surface area contributed by atoms with E-state index in [0.717, 1.165) is 42.1 Å². The summed E-state index contributed by atoms with van der Waals surface area (Å²) in [4.78, 5) is 12.1. The molecule has 0 saturated carbocycles. The third kappa shape index (κ3) is 2.69. The molecule has 0 saturated heterocycles. The van der Waals surface area contributed by atoms with Crippen LogP contribution in [0.5, 0.6) is 0 Å². The number of nitrogens with zero attached hydrogens (tertiary/aromatic N) is 3. The molecule has 0 aliphatic carbocycles. The number of halogens is 1. The summed E-state index contributed by atoms with van der Waals surface area (Å²) in [5.74, 6) is 0.758. The zero-order valence-corrected chi connectivity index (χ0v) is 11.7. The van der Waals surface area contributed by atoms with Crippen LogP contribution >= 0.6 is 22.9 Å². The van der Waals surface area contributed by atoms with Gasteiger partial charge in [0.25, 0.3) is 0 Å². The summed E-state index contributed by atoms with van der Waals surface area (Å²) < 4.78 is 0. The topological polar surface area (TPSA) is 29.0 Å². The number of fused-ring (bicyclic) bond motifs is 1. The van der Waals surface area contributed by atoms with Crippen LogP contribution in [0.25, 0.3) is 10.2 Å². The van der Waals surface area contributed by atoms with Gasteiger partial charge in [-0.2, -0.15) is 0 Å². The Balaban J connectivity index is 2.38. The fourth-order valence-corrected chi connectivity index (χ4v) is 2.84. The summed E-state index contributed by atoms with van der Waals surface area (Å²) in [6.07, 6.45) is 2.17. The lowest BCUT2D eigenvalue weighted by Gasteiger charge is -2.21. The summed E-state index contributed by atoms with van der Waals surface area (Å²) in [5, 5.41) is 3.51. The first-order valence-electron chi connectivity index (χ1n) is 5.92. The molecule has 0 aliphatic heterocycles. The van der Waals surface area contributed by atoms with E-state index in [1.807, 2.05) is 11.4 Å². The Morgan fingerprint density at radius 1 is 1.24 bits per heavy atom. The van der Waals surface area contributed by atoms with E-state index in [9.17, 15) is 0 Å². The van der Waals surface area contributed by atoms with Crippen molar-refractivity contribution in [1.82, 2.24) is 9.97 Å². The van der Waals surface area contributed by atoms with Crippen LogP contribution in [-0.4, -0.2) is 23.1 Å². The van der Waals surface area contributed by atoms with Gasteiger partial charge in [0, 0.05) is 18.5 Å². The summed E-state index contributed by atoms with van der Waals surface area (Å²) >= 11 is 7.78. The monoisotopic (exact) mass is 269 g/mol. The standard InChI is InChI=1S/C12H16ClN3S/c1-3-6-16(7-4-2)12-14-10(13)9-5-8-17-11(9)15-12/h5,8H,3-4,6-7H2,1-2H3. The van der Waals surface area contributed by atoms with Gasteiger partial charge in [0.2, 0.25) is 5.95 Å². The zero-order valence-electron chi connectivity index (χ0n) is 10.1. The predicted molar refractivity (Wildman–Crippen MR) is 75.2 cm³/mol. The van der Waals surface area contributed by atoms with Gasteiger partial charge >= 0.3 is 0 Å². The molecular weight excluding hydrogens is 254 g/mol. The van der Waals surface area contributed by atoms with Crippen molar-refractivity contribution in [2.45, 2.75) is 26.7 Å². The lowest BCUT2D eigenvalue weighted by Crippen LogP contribution is -2.26. The molecule has 3 nitrogen and oxygen atoms in total. The Morgan fingerprint density at radius 2 is 1.94 bits per heavy atom. The van der Waals surface area contributed by atoms with Crippen molar-refractivity contribution >= 4 is 39.1 Å². The first kappa shape index (κ1) is 12.6. The Morgan fingerprint density at radius 3 is 2.59 bits per heavy atom. The van der Waals surface area contributed by atoms with Gasteiger partial charge in [0.1, 0.15) is 9.98 Å². The largest absolute Gasteiger partial charge is 0.341 e. The van der Waals surface area contributed by atoms with Gasteiger partial charge in [-0.25, -0.2) is 9.97 Å². The van der Waals surface area contributed by atoms with E-state index in [2.05, 4.69) is 28.7 Å². The van der Waals surface area contributed by atoms with Gasteiger partial charge in [-0.1, -0.05) is 25.4 Å². The Hall–Kier alpha value is -0.870. The molecule has 0 aromatic carbocycles. The van der Waals surface area contributed by atoms with E-state index >= 15 is 0 Å². The van der Waals surface area contributed by atoms with Gasteiger partial charge < -0.3 is 4.90 Å². The van der Waals surface area contributed by atoms with E-state index in [4.69, 9.17) is 11.6 Å². The smallest absolute Gasteiger partial charge is 0.228 e. The van der Waals surface area contributed by atoms with Crippen LogP contribution in [0, 0.1) is 0 Å². The van der Waals surface area contributed by atoms with Crippen LogP contribution in [0.3, 0.4) is 0 Å². The second-order valence-corrected chi connectivity index (χ2v) is 5.19. The highest BCUT2D eigenvalue weighted by Crippen LogP contribution is 2.27. The van der Waals surface area contributed by atoms with Crippen LogP contribution in [0.2, 0.25) is 5.15 Å². The van der Waals surface area contributed by atoms with E-state index < -0.39 is 0 Å². The quantitative estimate of drug-likeness (QED) is 0.769. The molecule has 0 N–H and O–H groups in total. The summed E-state index contributed by atoms with van der Waals surface area (Å²) in [6, 6.07) is 1.97. The Labute approximate surface area is 110 Å². The molecule has 0 bridgehead atoms. The fourth-order valence-electron chi connectivity index (χ4n) is 1.80.